The first kappa shape index (κ1) is 33.3. The zero-order valence-corrected chi connectivity index (χ0v) is 22.6. The van der Waals surface area contributed by atoms with Crippen molar-refractivity contribution >= 4 is 29.7 Å². The minimum absolute atomic E-state index is 0.0222. The summed E-state index contributed by atoms with van der Waals surface area (Å²) in [6.45, 7) is 2.01. The van der Waals surface area contributed by atoms with E-state index in [1.165, 1.54) is 0 Å². The molecule has 0 radical (unpaired) electrons. The van der Waals surface area contributed by atoms with Gasteiger partial charge in [-0.05, 0) is 19.3 Å². The van der Waals surface area contributed by atoms with Crippen LogP contribution in [0.15, 0.2) is 12.2 Å². The van der Waals surface area contributed by atoms with Gasteiger partial charge in [0.05, 0.1) is 12.8 Å². The van der Waals surface area contributed by atoms with Crippen molar-refractivity contribution in [2.24, 2.45) is 11.8 Å². The van der Waals surface area contributed by atoms with Crippen molar-refractivity contribution in [1.82, 2.24) is 0 Å². The molecule has 2 aliphatic rings. The molecule has 1 saturated heterocycles. The number of aliphatic hydroxyl groups excluding tert-OH is 3. The molecule has 226 valence electrons. The number of esters is 2. The average Bonchev–Trinajstić information content (AvgIpc) is 3.18. The summed E-state index contributed by atoms with van der Waals surface area (Å²) in [6, 6.07) is 0. The number of Topliss-reactive ketones (excluding diaryl/α,β-unsaturated/α-hetero) is 1. The molecule has 40 heavy (non-hydrogen) atoms. The average molecular weight is 573 g/mol. The second-order valence-corrected chi connectivity index (χ2v) is 10.2. The molecule has 0 aromatic rings. The van der Waals surface area contributed by atoms with Crippen molar-refractivity contribution in [3.05, 3.63) is 12.2 Å². The van der Waals surface area contributed by atoms with E-state index in [0.717, 1.165) is 32.1 Å². The minimum atomic E-state index is -1.94. The predicted molar refractivity (Wildman–Crippen MR) is 136 cm³/mol. The van der Waals surface area contributed by atoms with Gasteiger partial charge < -0.3 is 39.7 Å². The molecule has 1 heterocycles. The fraction of sp³-hybridized carbons (Fsp3) is 0.741. The normalized spacial score (nSPS) is 30.4. The molecule has 0 aromatic carbocycles. The van der Waals surface area contributed by atoms with Crippen LogP contribution in [0.3, 0.4) is 0 Å². The standard InChI is InChI=1S/C27H40O13/c1-2-3-6-10-16-15(9-7-4-5-8-11-19(29)30)17(28)14-18(16)38-20(31)12-13-21(32)39-27-24(35)22(33)23(34)25(40-27)26(36)37/h6,10,15-16,18,22-25,27,33-35H,2-5,7-9,11-14H2,1H3,(H,29,30)(H,36,37)/b10-6+/t15?,16?,18?,22-,23-,24+,25-,27?/m0/s1. The number of rotatable bonds is 16. The van der Waals surface area contributed by atoms with E-state index in [1.54, 1.807) is 0 Å². The summed E-state index contributed by atoms with van der Waals surface area (Å²) in [7, 11) is 0. The van der Waals surface area contributed by atoms with Crippen LogP contribution >= 0.6 is 0 Å². The molecule has 0 spiro atoms. The van der Waals surface area contributed by atoms with Gasteiger partial charge in [0.25, 0.3) is 0 Å². The van der Waals surface area contributed by atoms with E-state index in [-0.39, 0.29) is 30.5 Å². The Morgan fingerprint density at radius 3 is 2.17 bits per heavy atom. The van der Waals surface area contributed by atoms with Crippen LogP contribution in [-0.2, 0) is 38.2 Å². The summed E-state index contributed by atoms with van der Waals surface area (Å²) in [5, 5.41) is 47.3. The maximum absolute atomic E-state index is 12.8. The van der Waals surface area contributed by atoms with Crippen molar-refractivity contribution in [1.29, 1.82) is 0 Å². The van der Waals surface area contributed by atoms with Gasteiger partial charge in [0.1, 0.15) is 30.2 Å². The third-order valence-electron chi connectivity index (χ3n) is 7.06. The summed E-state index contributed by atoms with van der Waals surface area (Å²) in [6.07, 6.45) is -2.06. The summed E-state index contributed by atoms with van der Waals surface area (Å²) >= 11 is 0. The minimum Gasteiger partial charge on any atom is -0.481 e. The summed E-state index contributed by atoms with van der Waals surface area (Å²) in [5.41, 5.74) is 0. The van der Waals surface area contributed by atoms with E-state index in [1.807, 2.05) is 19.1 Å². The van der Waals surface area contributed by atoms with Gasteiger partial charge in [-0.25, -0.2) is 4.79 Å². The molecule has 2 fully saturated rings. The van der Waals surface area contributed by atoms with Gasteiger partial charge in [-0.1, -0.05) is 44.8 Å². The van der Waals surface area contributed by atoms with Gasteiger partial charge in [0.15, 0.2) is 6.10 Å². The maximum Gasteiger partial charge on any atom is 0.335 e. The Kier molecular flexibility index (Phi) is 13.7. The predicted octanol–water partition coefficient (Wildman–Crippen LogP) is 1.10. The molecule has 0 amide bonds. The number of carbonyl (C=O) groups is 5. The molecule has 0 bridgehead atoms. The Morgan fingerprint density at radius 2 is 1.55 bits per heavy atom. The maximum atomic E-state index is 12.8. The fourth-order valence-corrected chi connectivity index (χ4v) is 4.88. The lowest BCUT2D eigenvalue weighted by atomic mass is 9.88. The number of unbranched alkanes of at least 4 members (excludes halogenated alkanes) is 4. The van der Waals surface area contributed by atoms with E-state index in [9.17, 15) is 39.3 Å². The Bertz CT molecular complexity index is 916. The van der Waals surface area contributed by atoms with Gasteiger partial charge in [0.2, 0.25) is 6.29 Å². The highest BCUT2D eigenvalue weighted by atomic mass is 16.7. The first-order valence-electron chi connectivity index (χ1n) is 13.7. The second-order valence-electron chi connectivity index (χ2n) is 10.2. The second kappa shape index (κ2) is 16.4. The Hall–Kier alpha value is -2.87. The number of hydrogen-bond acceptors (Lipinski definition) is 11. The lowest BCUT2D eigenvalue weighted by Crippen LogP contribution is -2.60. The van der Waals surface area contributed by atoms with Gasteiger partial charge in [0, 0.05) is 24.7 Å². The quantitative estimate of drug-likeness (QED) is 0.0996. The molecular formula is C27H40O13. The molecule has 1 aliphatic carbocycles. The first-order chi connectivity index (χ1) is 19.0. The van der Waals surface area contributed by atoms with Crippen molar-refractivity contribution < 1.29 is 63.7 Å². The van der Waals surface area contributed by atoms with Crippen molar-refractivity contribution in [2.75, 3.05) is 0 Å². The largest absolute Gasteiger partial charge is 0.481 e. The molecule has 8 atom stereocenters. The summed E-state index contributed by atoms with van der Waals surface area (Å²) in [5.74, 6) is -4.92. The highest BCUT2D eigenvalue weighted by Gasteiger charge is 2.48. The first-order valence-corrected chi connectivity index (χ1v) is 13.7. The molecular weight excluding hydrogens is 532 g/mol. The van der Waals surface area contributed by atoms with E-state index >= 15 is 0 Å². The van der Waals surface area contributed by atoms with E-state index < -0.39 is 73.5 Å². The highest BCUT2D eigenvalue weighted by molar-refractivity contribution is 5.85. The Morgan fingerprint density at radius 1 is 0.900 bits per heavy atom. The van der Waals surface area contributed by atoms with Gasteiger partial charge in [-0.3, -0.25) is 19.2 Å². The number of aliphatic hydroxyl groups is 3. The molecule has 5 N–H and O–H groups in total. The smallest absolute Gasteiger partial charge is 0.335 e. The number of allylic oxidation sites excluding steroid dienone is 1. The van der Waals surface area contributed by atoms with Crippen LogP contribution in [0.25, 0.3) is 0 Å². The lowest BCUT2D eigenvalue weighted by Gasteiger charge is -2.37. The topological polar surface area (TPSA) is 214 Å². The third-order valence-corrected chi connectivity index (χ3v) is 7.06. The van der Waals surface area contributed by atoms with E-state index in [4.69, 9.17) is 24.4 Å². The lowest BCUT2D eigenvalue weighted by molar-refractivity contribution is -0.286. The van der Waals surface area contributed by atoms with Gasteiger partial charge in [-0.2, -0.15) is 0 Å². The molecule has 1 saturated carbocycles. The van der Waals surface area contributed by atoms with E-state index in [0.29, 0.717) is 12.8 Å². The number of carbonyl (C=O) groups excluding carboxylic acids is 3. The number of carboxylic acids is 2. The number of carboxylic acid groups (broad SMARTS) is 2. The molecule has 1 aliphatic heterocycles. The molecule has 0 aromatic heterocycles. The van der Waals surface area contributed by atoms with Crippen LogP contribution in [0.2, 0.25) is 0 Å². The highest BCUT2D eigenvalue weighted by Crippen LogP contribution is 2.36. The number of ether oxygens (including phenoxy) is 3. The van der Waals surface area contributed by atoms with Crippen LogP contribution in [0, 0.1) is 11.8 Å². The molecule has 13 nitrogen and oxygen atoms in total. The van der Waals surface area contributed by atoms with Crippen LogP contribution < -0.4 is 0 Å². The van der Waals surface area contributed by atoms with Gasteiger partial charge >= 0.3 is 23.9 Å². The number of aliphatic carboxylic acids is 2. The van der Waals surface area contributed by atoms with Crippen molar-refractivity contribution in [2.45, 2.75) is 114 Å². The van der Waals surface area contributed by atoms with Gasteiger partial charge in [-0.15, -0.1) is 0 Å². The number of ketones is 1. The summed E-state index contributed by atoms with van der Waals surface area (Å²) in [4.78, 5) is 59.3. The van der Waals surface area contributed by atoms with Crippen LogP contribution in [-0.4, -0.2) is 92.0 Å². The van der Waals surface area contributed by atoms with E-state index in [2.05, 4.69) is 0 Å². The van der Waals surface area contributed by atoms with Crippen molar-refractivity contribution in [3.63, 3.8) is 0 Å². The monoisotopic (exact) mass is 572 g/mol. The van der Waals surface area contributed by atoms with Crippen LogP contribution in [0.5, 0.6) is 0 Å². The molecule has 13 heteroatoms. The molecule has 4 unspecified atom stereocenters. The number of hydrogen-bond donors (Lipinski definition) is 5. The third kappa shape index (κ3) is 9.95. The fourth-order valence-electron chi connectivity index (χ4n) is 4.88. The zero-order valence-electron chi connectivity index (χ0n) is 22.6. The Labute approximate surface area is 232 Å². The zero-order chi connectivity index (χ0) is 29.8. The van der Waals surface area contributed by atoms with Crippen LogP contribution in [0.1, 0.15) is 77.6 Å². The van der Waals surface area contributed by atoms with Crippen LogP contribution in [0.4, 0.5) is 0 Å². The van der Waals surface area contributed by atoms with Crippen molar-refractivity contribution in [3.8, 4) is 0 Å². The summed E-state index contributed by atoms with van der Waals surface area (Å²) < 4.78 is 15.3. The Balaban J connectivity index is 1.88. The SMILES string of the molecule is CCC/C=C/C1C(OC(=O)CCC(=O)OC2O[C@H](C(=O)O)[C@@H](O)[C@H](O)[C@H]2O)CC(=O)C1CCCCCCC(=O)O. The molecule has 2 rings (SSSR count).